The predicted octanol–water partition coefficient (Wildman–Crippen LogP) is 4.55. The van der Waals surface area contributed by atoms with Crippen LogP contribution < -0.4 is 4.74 Å². The Hall–Kier alpha value is -2.71. The van der Waals surface area contributed by atoms with E-state index < -0.39 is 35.1 Å². The van der Waals surface area contributed by atoms with Crippen LogP contribution in [0.1, 0.15) is 22.8 Å². The fourth-order valence-corrected chi connectivity index (χ4v) is 1.83. The first kappa shape index (κ1) is 18.6. The second-order valence-corrected chi connectivity index (χ2v) is 5.09. The fourth-order valence-electron chi connectivity index (χ4n) is 1.83. The summed E-state index contributed by atoms with van der Waals surface area (Å²) in [6.45, 7) is 0.111. The largest absolute Gasteiger partial charge is 0.465 e. The molecule has 25 heavy (non-hydrogen) atoms. The molecule has 0 amide bonds. The van der Waals surface area contributed by atoms with E-state index in [1.165, 1.54) is 0 Å². The molecule has 9 heteroatoms. The molecule has 0 bridgehead atoms. The van der Waals surface area contributed by atoms with Gasteiger partial charge in [-0.15, -0.1) is 0 Å². The van der Waals surface area contributed by atoms with Crippen molar-refractivity contribution in [1.29, 1.82) is 0 Å². The lowest BCUT2D eigenvalue weighted by Crippen LogP contribution is -2.34. The van der Waals surface area contributed by atoms with Crippen molar-refractivity contribution < 1.29 is 36.2 Å². The minimum Gasteiger partial charge on any atom is -0.465 e. The standard InChI is InChI=1S/C16H12F5NO3/c1-15(18,19)16(20,21)10-3-5-11(6-4-10)25-13-12(17)7-9(8-22-13)14(23)24-2/h3-8H,1-2H3. The number of rotatable bonds is 5. The number of nitrogens with zero attached hydrogens (tertiary/aromatic N) is 1. The molecule has 2 aromatic rings. The highest BCUT2D eigenvalue weighted by atomic mass is 19.3. The Kier molecular flexibility index (Phi) is 4.96. The van der Waals surface area contributed by atoms with Crippen LogP contribution in [0.4, 0.5) is 22.0 Å². The van der Waals surface area contributed by atoms with Crippen molar-refractivity contribution in [2.24, 2.45) is 0 Å². The summed E-state index contributed by atoms with van der Waals surface area (Å²) in [5, 5.41) is 0. The van der Waals surface area contributed by atoms with Gasteiger partial charge in [0, 0.05) is 18.7 Å². The molecule has 0 atom stereocenters. The Morgan fingerprint density at radius 1 is 1.12 bits per heavy atom. The van der Waals surface area contributed by atoms with Crippen LogP contribution in [-0.2, 0) is 10.7 Å². The first-order valence-corrected chi connectivity index (χ1v) is 6.84. The Labute approximate surface area is 139 Å². The SMILES string of the molecule is COC(=O)c1cnc(Oc2ccc(C(F)(F)C(C)(F)F)cc2)c(F)c1. The van der Waals surface area contributed by atoms with E-state index in [9.17, 15) is 26.7 Å². The molecule has 0 radical (unpaired) electrons. The molecular formula is C16H12F5NO3. The van der Waals surface area contributed by atoms with Crippen molar-refractivity contribution in [3.05, 3.63) is 53.5 Å². The third-order valence-electron chi connectivity index (χ3n) is 3.21. The monoisotopic (exact) mass is 361 g/mol. The third-order valence-corrected chi connectivity index (χ3v) is 3.21. The summed E-state index contributed by atoms with van der Waals surface area (Å²) in [5.74, 6) is -11.0. The molecule has 0 spiro atoms. The summed E-state index contributed by atoms with van der Waals surface area (Å²) in [6, 6.07) is 4.27. The second kappa shape index (κ2) is 6.66. The summed E-state index contributed by atoms with van der Waals surface area (Å²) in [6.07, 6.45) is 1.00. The van der Waals surface area contributed by atoms with Crippen LogP contribution in [0.5, 0.6) is 11.6 Å². The van der Waals surface area contributed by atoms with Crippen molar-refractivity contribution >= 4 is 5.97 Å². The Bertz CT molecular complexity index is 772. The molecule has 0 aliphatic rings. The Morgan fingerprint density at radius 3 is 2.20 bits per heavy atom. The molecule has 0 unspecified atom stereocenters. The molecule has 1 aromatic heterocycles. The molecule has 0 aliphatic carbocycles. The Morgan fingerprint density at radius 2 is 1.72 bits per heavy atom. The number of benzene rings is 1. The van der Waals surface area contributed by atoms with Gasteiger partial charge < -0.3 is 9.47 Å². The summed E-state index contributed by atoms with van der Waals surface area (Å²) in [4.78, 5) is 14.8. The van der Waals surface area contributed by atoms with Crippen LogP contribution in [0.3, 0.4) is 0 Å². The number of halogens is 5. The lowest BCUT2D eigenvalue weighted by molar-refractivity contribution is -0.204. The van der Waals surface area contributed by atoms with Gasteiger partial charge in [0.1, 0.15) is 5.75 Å². The minimum atomic E-state index is -4.36. The van der Waals surface area contributed by atoms with Crippen LogP contribution in [0.15, 0.2) is 36.5 Å². The fraction of sp³-hybridized carbons (Fsp3) is 0.250. The lowest BCUT2D eigenvalue weighted by atomic mass is 10.0. The first-order valence-electron chi connectivity index (χ1n) is 6.84. The zero-order valence-corrected chi connectivity index (χ0v) is 13.0. The number of ether oxygens (including phenoxy) is 2. The molecular weight excluding hydrogens is 349 g/mol. The van der Waals surface area contributed by atoms with Gasteiger partial charge in [0.15, 0.2) is 5.82 Å². The highest BCUT2D eigenvalue weighted by molar-refractivity contribution is 5.88. The van der Waals surface area contributed by atoms with Gasteiger partial charge in [0.25, 0.3) is 5.88 Å². The highest BCUT2D eigenvalue weighted by Crippen LogP contribution is 2.42. The van der Waals surface area contributed by atoms with Crippen molar-refractivity contribution in [3.63, 3.8) is 0 Å². The maximum absolute atomic E-state index is 13.8. The van der Waals surface area contributed by atoms with E-state index in [4.69, 9.17) is 4.74 Å². The molecule has 0 saturated carbocycles. The van der Waals surface area contributed by atoms with Gasteiger partial charge in [-0.2, -0.15) is 17.6 Å². The van der Waals surface area contributed by atoms with Crippen LogP contribution >= 0.6 is 0 Å². The van der Waals surface area contributed by atoms with Crippen molar-refractivity contribution in [1.82, 2.24) is 4.98 Å². The molecule has 2 rings (SSSR count). The molecule has 0 N–H and O–H groups in total. The quantitative estimate of drug-likeness (QED) is 0.579. The molecule has 1 heterocycles. The maximum atomic E-state index is 13.8. The van der Waals surface area contributed by atoms with Crippen LogP contribution in [0, 0.1) is 5.82 Å². The van der Waals surface area contributed by atoms with E-state index in [1.54, 1.807) is 0 Å². The Balaban J connectivity index is 2.21. The molecule has 0 fully saturated rings. The van der Waals surface area contributed by atoms with E-state index in [1.807, 2.05) is 0 Å². The van der Waals surface area contributed by atoms with Gasteiger partial charge in [0.05, 0.1) is 12.7 Å². The van der Waals surface area contributed by atoms with Crippen molar-refractivity contribution in [3.8, 4) is 11.6 Å². The zero-order chi connectivity index (χ0) is 18.8. The van der Waals surface area contributed by atoms with Crippen LogP contribution in [0.25, 0.3) is 0 Å². The van der Waals surface area contributed by atoms with Gasteiger partial charge >= 0.3 is 17.8 Å². The predicted molar refractivity (Wildman–Crippen MR) is 76.6 cm³/mol. The van der Waals surface area contributed by atoms with Gasteiger partial charge in [0.2, 0.25) is 0 Å². The third kappa shape index (κ3) is 3.86. The summed E-state index contributed by atoms with van der Waals surface area (Å²) < 4.78 is 76.3. The molecule has 0 aliphatic heterocycles. The van der Waals surface area contributed by atoms with Gasteiger partial charge in [-0.25, -0.2) is 14.2 Å². The normalized spacial score (nSPS) is 12.0. The number of methoxy groups -OCH3 is 1. The maximum Gasteiger partial charge on any atom is 0.339 e. The van der Waals surface area contributed by atoms with Gasteiger partial charge in [-0.3, -0.25) is 0 Å². The average Bonchev–Trinajstić information content (AvgIpc) is 2.55. The number of esters is 1. The van der Waals surface area contributed by atoms with E-state index in [0.29, 0.717) is 0 Å². The topological polar surface area (TPSA) is 48.4 Å². The summed E-state index contributed by atoms with van der Waals surface area (Å²) in [5.41, 5.74) is -1.06. The number of aromatic nitrogens is 1. The molecule has 4 nitrogen and oxygen atoms in total. The summed E-state index contributed by atoms with van der Waals surface area (Å²) in [7, 11) is 1.11. The molecule has 0 saturated heterocycles. The number of hydrogen-bond acceptors (Lipinski definition) is 4. The minimum absolute atomic E-state index is 0.101. The smallest absolute Gasteiger partial charge is 0.339 e. The van der Waals surface area contributed by atoms with Crippen molar-refractivity contribution in [2.75, 3.05) is 7.11 Å². The second-order valence-electron chi connectivity index (χ2n) is 5.09. The molecule has 1 aromatic carbocycles. The van der Waals surface area contributed by atoms with Gasteiger partial charge in [-0.1, -0.05) is 0 Å². The first-order chi connectivity index (χ1) is 11.6. The van der Waals surface area contributed by atoms with E-state index in [0.717, 1.165) is 43.6 Å². The zero-order valence-electron chi connectivity index (χ0n) is 13.0. The number of carbonyl (C=O) groups excluding carboxylic acids is 1. The van der Waals surface area contributed by atoms with E-state index in [2.05, 4.69) is 9.72 Å². The number of alkyl halides is 4. The number of pyridine rings is 1. The molecule has 134 valence electrons. The van der Waals surface area contributed by atoms with Gasteiger partial charge in [-0.05, 0) is 30.3 Å². The van der Waals surface area contributed by atoms with Crippen LogP contribution in [-0.4, -0.2) is 24.0 Å². The number of hydrogen-bond donors (Lipinski definition) is 0. The van der Waals surface area contributed by atoms with Crippen LogP contribution in [0.2, 0.25) is 0 Å². The highest BCUT2D eigenvalue weighted by Gasteiger charge is 2.53. The van der Waals surface area contributed by atoms with E-state index in [-0.39, 0.29) is 18.2 Å². The van der Waals surface area contributed by atoms with Crippen molar-refractivity contribution in [2.45, 2.75) is 18.8 Å². The average molecular weight is 361 g/mol. The number of carbonyl (C=O) groups is 1. The summed E-state index contributed by atoms with van der Waals surface area (Å²) >= 11 is 0. The van der Waals surface area contributed by atoms with E-state index >= 15 is 0 Å². The lowest BCUT2D eigenvalue weighted by Gasteiger charge is -2.23.